The third-order valence-corrected chi connectivity index (χ3v) is 5.12. The molecule has 1 aromatic carbocycles. The Hall–Kier alpha value is -2.11. The van der Waals surface area contributed by atoms with Crippen LogP contribution in [-0.2, 0) is 9.53 Å². The molecule has 1 fully saturated rings. The minimum absolute atomic E-state index is 0.0256. The quantitative estimate of drug-likeness (QED) is 0.733. The van der Waals surface area contributed by atoms with Gasteiger partial charge in [0.05, 0.1) is 12.7 Å². The van der Waals surface area contributed by atoms with Crippen LogP contribution in [0.4, 0.5) is 0 Å². The first-order valence-electron chi connectivity index (χ1n) is 9.77. The Morgan fingerprint density at radius 3 is 2.50 bits per heavy atom. The molecule has 0 radical (unpaired) electrons. The number of nitrogens with zero attached hydrogens (tertiary/aromatic N) is 1. The number of hydrogen-bond donors (Lipinski definition) is 1. The summed E-state index contributed by atoms with van der Waals surface area (Å²) in [6, 6.07) is 12.0. The van der Waals surface area contributed by atoms with Gasteiger partial charge in [-0.05, 0) is 44.2 Å². The van der Waals surface area contributed by atoms with Gasteiger partial charge < -0.3 is 14.8 Å². The van der Waals surface area contributed by atoms with Crippen molar-refractivity contribution in [3.8, 4) is 17.0 Å². The first-order chi connectivity index (χ1) is 13.5. The first kappa shape index (κ1) is 20.6. The van der Waals surface area contributed by atoms with Gasteiger partial charge in [-0.1, -0.05) is 41.9 Å². The van der Waals surface area contributed by atoms with E-state index in [-0.39, 0.29) is 24.2 Å². The SMILES string of the molecule is CC(=O)N[C@@H](C)CO[C@H]1CC[C@H](Oc2ncc(-c3ccccc3)cc2Cl)CC1. The van der Waals surface area contributed by atoms with E-state index in [1.165, 1.54) is 6.92 Å². The van der Waals surface area contributed by atoms with Gasteiger partial charge in [-0.15, -0.1) is 0 Å². The van der Waals surface area contributed by atoms with Gasteiger partial charge >= 0.3 is 0 Å². The Kier molecular flexibility index (Phi) is 7.29. The highest BCUT2D eigenvalue weighted by Crippen LogP contribution is 2.31. The fourth-order valence-corrected chi connectivity index (χ4v) is 3.66. The largest absolute Gasteiger partial charge is 0.473 e. The molecule has 1 aromatic heterocycles. The van der Waals surface area contributed by atoms with Crippen molar-refractivity contribution < 1.29 is 14.3 Å². The number of pyridine rings is 1. The van der Waals surface area contributed by atoms with E-state index in [2.05, 4.69) is 10.3 Å². The van der Waals surface area contributed by atoms with Gasteiger partial charge in [-0.25, -0.2) is 4.98 Å². The van der Waals surface area contributed by atoms with Crippen LogP contribution in [0.5, 0.6) is 5.88 Å². The molecule has 28 heavy (non-hydrogen) atoms. The van der Waals surface area contributed by atoms with E-state index >= 15 is 0 Å². The van der Waals surface area contributed by atoms with Gasteiger partial charge in [0.25, 0.3) is 0 Å². The maximum atomic E-state index is 11.1. The van der Waals surface area contributed by atoms with Crippen molar-refractivity contribution in [2.24, 2.45) is 0 Å². The number of amides is 1. The molecule has 150 valence electrons. The third kappa shape index (κ3) is 5.94. The predicted molar refractivity (Wildman–Crippen MR) is 111 cm³/mol. The van der Waals surface area contributed by atoms with E-state index in [0.717, 1.165) is 36.8 Å². The second kappa shape index (κ2) is 9.89. The number of hydrogen-bond acceptors (Lipinski definition) is 4. The molecule has 5 nitrogen and oxygen atoms in total. The zero-order valence-electron chi connectivity index (χ0n) is 16.4. The van der Waals surface area contributed by atoms with E-state index in [9.17, 15) is 4.79 Å². The topological polar surface area (TPSA) is 60.5 Å². The van der Waals surface area contributed by atoms with Gasteiger partial charge in [-0.2, -0.15) is 0 Å². The Bertz CT molecular complexity index is 777. The van der Waals surface area contributed by atoms with Crippen LogP contribution in [-0.4, -0.2) is 35.7 Å². The Labute approximate surface area is 171 Å². The molecule has 1 N–H and O–H groups in total. The van der Waals surface area contributed by atoms with Gasteiger partial charge in [0.2, 0.25) is 11.8 Å². The van der Waals surface area contributed by atoms with E-state index in [1.807, 2.05) is 43.3 Å². The smallest absolute Gasteiger partial charge is 0.232 e. The number of ether oxygens (including phenoxy) is 2. The second-order valence-electron chi connectivity index (χ2n) is 7.33. The fraction of sp³-hybridized carbons (Fsp3) is 0.455. The highest BCUT2D eigenvalue weighted by atomic mass is 35.5. The van der Waals surface area contributed by atoms with Crippen LogP contribution in [0.3, 0.4) is 0 Å². The number of benzene rings is 1. The summed E-state index contributed by atoms with van der Waals surface area (Å²) in [5.74, 6) is 0.459. The van der Waals surface area contributed by atoms with E-state index in [4.69, 9.17) is 21.1 Å². The second-order valence-corrected chi connectivity index (χ2v) is 7.74. The molecule has 6 heteroatoms. The van der Waals surface area contributed by atoms with Crippen LogP contribution in [0, 0.1) is 0 Å². The van der Waals surface area contributed by atoms with Gasteiger partial charge in [0, 0.05) is 24.7 Å². The lowest BCUT2D eigenvalue weighted by atomic mass is 9.95. The summed E-state index contributed by atoms with van der Waals surface area (Å²) in [4.78, 5) is 15.5. The Morgan fingerprint density at radius 2 is 1.86 bits per heavy atom. The molecule has 0 bridgehead atoms. The molecule has 1 amide bonds. The molecular formula is C22H27ClN2O3. The van der Waals surface area contributed by atoms with E-state index < -0.39 is 0 Å². The standard InChI is InChI=1S/C22H27ClN2O3/c1-15(25-16(2)26)14-27-19-8-10-20(11-9-19)28-22-21(23)12-18(13-24-22)17-6-4-3-5-7-17/h3-7,12-13,15,19-20H,8-11,14H2,1-2H3,(H,25,26)/t15-,19-,20-/m0/s1. The molecule has 1 aliphatic rings. The molecule has 0 aliphatic heterocycles. The average Bonchev–Trinajstić information content (AvgIpc) is 2.69. The van der Waals surface area contributed by atoms with Gasteiger partial charge in [0.1, 0.15) is 11.1 Å². The van der Waals surface area contributed by atoms with Crippen molar-refractivity contribution in [1.29, 1.82) is 0 Å². The molecule has 1 atom stereocenters. The molecule has 0 unspecified atom stereocenters. The molecule has 0 saturated heterocycles. The summed E-state index contributed by atoms with van der Waals surface area (Å²) in [6.45, 7) is 4.00. The van der Waals surface area contributed by atoms with E-state index in [0.29, 0.717) is 17.5 Å². The van der Waals surface area contributed by atoms with Crippen LogP contribution in [0.2, 0.25) is 5.02 Å². The molecule has 1 saturated carbocycles. The van der Waals surface area contributed by atoms with Crippen molar-refractivity contribution in [1.82, 2.24) is 10.3 Å². The summed E-state index contributed by atoms with van der Waals surface area (Å²) >= 11 is 6.41. The molecule has 0 spiro atoms. The minimum Gasteiger partial charge on any atom is -0.473 e. The number of carbonyl (C=O) groups is 1. The maximum Gasteiger partial charge on any atom is 0.232 e. The lowest BCUT2D eigenvalue weighted by Crippen LogP contribution is -2.36. The number of halogens is 1. The molecule has 2 aromatic rings. The third-order valence-electron chi connectivity index (χ3n) is 4.85. The molecule has 1 heterocycles. The average molecular weight is 403 g/mol. The van der Waals surface area contributed by atoms with Crippen molar-refractivity contribution in [3.05, 3.63) is 47.6 Å². The lowest BCUT2D eigenvalue weighted by Gasteiger charge is -2.29. The zero-order valence-corrected chi connectivity index (χ0v) is 17.1. The van der Waals surface area contributed by atoms with Gasteiger partial charge in [-0.3, -0.25) is 4.79 Å². The number of nitrogens with one attached hydrogen (secondary N) is 1. The Balaban J connectivity index is 1.48. The van der Waals surface area contributed by atoms with Crippen molar-refractivity contribution in [3.63, 3.8) is 0 Å². The molecular weight excluding hydrogens is 376 g/mol. The van der Waals surface area contributed by atoms with Gasteiger partial charge in [0.15, 0.2) is 0 Å². The predicted octanol–water partition coefficient (Wildman–Crippen LogP) is 4.63. The highest BCUT2D eigenvalue weighted by molar-refractivity contribution is 6.32. The van der Waals surface area contributed by atoms with E-state index in [1.54, 1.807) is 6.20 Å². The fourth-order valence-electron chi connectivity index (χ4n) is 3.44. The summed E-state index contributed by atoms with van der Waals surface area (Å²) in [7, 11) is 0. The summed E-state index contributed by atoms with van der Waals surface area (Å²) in [5.41, 5.74) is 2.05. The van der Waals surface area contributed by atoms with Crippen molar-refractivity contribution in [2.75, 3.05) is 6.61 Å². The summed E-state index contributed by atoms with van der Waals surface area (Å²) in [6.07, 6.45) is 5.76. The first-order valence-corrected chi connectivity index (χ1v) is 10.2. The van der Waals surface area contributed by atoms with Crippen LogP contribution in [0.25, 0.3) is 11.1 Å². The molecule has 3 rings (SSSR count). The maximum absolute atomic E-state index is 11.1. The van der Waals surface area contributed by atoms with Crippen molar-refractivity contribution >= 4 is 17.5 Å². The zero-order chi connectivity index (χ0) is 19.9. The van der Waals surface area contributed by atoms with Crippen LogP contribution >= 0.6 is 11.6 Å². The highest BCUT2D eigenvalue weighted by Gasteiger charge is 2.24. The van der Waals surface area contributed by atoms with Crippen LogP contribution in [0.15, 0.2) is 42.6 Å². The Morgan fingerprint density at radius 1 is 1.18 bits per heavy atom. The monoisotopic (exact) mass is 402 g/mol. The number of aromatic nitrogens is 1. The van der Waals surface area contributed by atoms with Crippen LogP contribution in [0.1, 0.15) is 39.5 Å². The minimum atomic E-state index is -0.0316. The van der Waals surface area contributed by atoms with Crippen LogP contribution < -0.4 is 10.1 Å². The summed E-state index contributed by atoms with van der Waals surface area (Å²) in [5, 5.41) is 3.37. The molecule has 1 aliphatic carbocycles. The van der Waals surface area contributed by atoms with Crippen molar-refractivity contribution in [2.45, 2.75) is 57.8 Å². The number of rotatable bonds is 7. The normalized spacial score (nSPS) is 20.4. The lowest BCUT2D eigenvalue weighted by molar-refractivity contribution is -0.120. The number of carbonyl (C=O) groups excluding carboxylic acids is 1. The summed E-state index contributed by atoms with van der Waals surface area (Å²) < 4.78 is 12.0.